The van der Waals surface area contributed by atoms with E-state index in [1.54, 1.807) is 11.3 Å². The van der Waals surface area contributed by atoms with Crippen molar-refractivity contribution in [1.29, 1.82) is 0 Å². The molecule has 1 heterocycles. The van der Waals surface area contributed by atoms with Crippen molar-refractivity contribution in [2.24, 2.45) is 11.7 Å². The van der Waals surface area contributed by atoms with Crippen molar-refractivity contribution in [3.8, 4) is 0 Å². The average Bonchev–Trinajstić information content (AvgIpc) is 2.96. The highest BCUT2D eigenvalue weighted by atomic mass is 32.1. The molecule has 0 amide bonds. The summed E-state index contributed by atoms with van der Waals surface area (Å²) >= 11 is 1.70. The van der Waals surface area contributed by atoms with Crippen LogP contribution in [0.15, 0.2) is 35.8 Å². The van der Waals surface area contributed by atoms with Crippen LogP contribution < -0.4 is 5.73 Å². The van der Waals surface area contributed by atoms with Gasteiger partial charge < -0.3 is 5.73 Å². The highest BCUT2D eigenvalue weighted by Crippen LogP contribution is 2.29. The van der Waals surface area contributed by atoms with Gasteiger partial charge in [-0.1, -0.05) is 24.3 Å². The van der Waals surface area contributed by atoms with E-state index >= 15 is 0 Å². The minimum Gasteiger partial charge on any atom is -0.327 e. The van der Waals surface area contributed by atoms with E-state index in [-0.39, 0.29) is 6.04 Å². The van der Waals surface area contributed by atoms with Gasteiger partial charge in [-0.2, -0.15) is 0 Å². The Morgan fingerprint density at radius 3 is 2.59 bits per heavy atom. The Morgan fingerprint density at radius 1 is 1.29 bits per heavy atom. The molecule has 3 rings (SSSR count). The summed E-state index contributed by atoms with van der Waals surface area (Å²) < 4.78 is 0. The molecule has 0 bridgehead atoms. The Balaban J connectivity index is 1.68. The van der Waals surface area contributed by atoms with Crippen molar-refractivity contribution < 1.29 is 0 Å². The standard InChI is InChI=1S/C14H16N2S/c15-13(9-14-16-5-6-17-14)12-7-10-3-1-2-4-11(10)8-12/h1-6,12-13H,7-9,15H2. The van der Waals surface area contributed by atoms with Crippen LogP contribution in [0.1, 0.15) is 16.1 Å². The maximum atomic E-state index is 6.32. The summed E-state index contributed by atoms with van der Waals surface area (Å²) in [6, 6.07) is 8.92. The zero-order valence-corrected chi connectivity index (χ0v) is 10.5. The Hall–Kier alpha value is -1.19. The molecular weight excluding hydrogens is 228 g/mol. The van der Waals surface area contributed by atoms with Gasteiger partial charge in [0.05, 0.1) is 5.01 Å². The molecular formula is C14H16N2S. The average molecular weight is 244 g/mol. The van der Waals surface area contributed by atoms with Crippen molar-refractivity contribution in [3.05, 3.63) is 52.0 Å². The first-order valence-electron chi connectivity index (χ1n) is 6.03. The van der Waals surface area contributed by atoms with Crippen LogP contribution in [-0.2, 0) is 19.3 Å². The number of aromatic nitrogens is 1. The Labute approximate surface area is 106 Å². The van der Waals surface area contributed by atoms with E-state index in [1.807, 2.05) is 11.6 Å². The van der Waals surface area contributed by atoms with Gasteiger partial charge in [-0.25, -0.2) is 4.98 Å². The largest absolute Gasteiger partial charge is 0.327 e. The molecule has 3 heteroatoms. The summed E-state index contributed by atoms with van der Waals surface area (Å²) in [7, 11) is 0. The predicted molar refractivity (Wildman–Crippen MR) is 71.1 cm³/mol. The molecule has 1 unspecified atom stereocenters. The SMILES string of the molecule is NC(Cc1nccs1)C1Cc2ccccc2C1. The molecule has 88 valence electrons. The molecule has 0 spiro atoms. The van der Waals surface area contributed by atoms with E-state index in [0.29, 0.717) is 5.92 Å². The van der Waals surface area contributed by atoms with Gasteiger partial charge in [0.25, 0.3) is 0 Å². The third-order valence-electron chi connectivity index (χ3n) is 3.58. The van der Waals surface area contributed by atoms with E-state index in [4.69, 9.17) is 5.73 Å². The highest BCUT2D eigenvalue weighted by molar-refractivity contribution is 7.09. The smallest absolute Gasteiger partial charge is 0.0940 e. The third-order valence-corrected chi connectivity index (χ3v) is 4.38. The van der Waals surface area contributed by atoms with Gasteiger partial charge in [0.1, 0.15) is 0 Å². The van der Waals surface area contributed by atoms with Gasteiger partial charge in [-0.3, -0.25) is 0 Å². The number of benzene rings is 1. The molecule has 1 aromatic carbocycles. The fourth-order valence-electron chi connectivity index (χ4n) is 2.62. The molecule has 1 aliphatic carbocycles. The van der Waals surface area contributed by atoms with E-state index in [2.05, 4.69) is 29.2 Å². The van der Waals surface area contributed by atoms with Crippen molar-refractivity contribution in [1.82, 2.24) is 4.98 Å². The quantitative estimate of drug-likeness (QED) is 0.900. The molecule has 1 aromatic heterocycles. The summed E-state index contributed by atoms with van der Waals surface area (Å²) in [5.74, 6) is 0.580. The Morgan fingerprint density at radius 2 is 2.00 bits per heavy atom. The monoisotopic (exact) mass is 244 g/mol. The van der Waals surface area contributed by atoms with E-state index in [9.17, 15) is 0 Å². The molecule has 17 heavy (non-hydrogen) atoms. The van der Waals surface area contributed by atoms with Gasteiger partial charge >= 0.3 is 0 Å². The Bertz CT molecular complexity index is 468. The number of nitrogens with zero attached hydrogens (tertiary/aromatic N) is 1. The van der Waals surface area contributed by atoms with Crippen LogP contribution in [0.4, 0.5) is 0 Å². The Kier molecular flexibility index (Phi) is 2.95. The predicted octanol–water partition coefficient (Wildman–Crippen LogP) is 2.43. The minimum absolute atomic E-state index is 0.230. The molecule has 1 aliphatic rings. The fourth-order valence-corrected chi connectivity index (χ4v) is 3.31. The first-order valence-corrected chi connectivity index (χ1v) is 6.91. The minimum atomic E-state index is 0.230. The first-order chi connectivity index (χ1) is 8.33. The summed E-state index contributed by atoms with van der Waals surface area (Å²) in [4.78, 5) is 4.32. The lowest BCUT2D eigenvalue weighted by molar-refractivity contribution is 0.436. The van der Waals surface area contributed by atoms with Gasteiger partial charge in [0.15, 0.2) is 0 Å². The maximum Gasteiger partial charge on any atom is 0.0940 e. The van der Waals surface area contributed by atoms with Crippen LogP contribution in [0, 0.1) is 5.92 Å². The molecule has 2 aromatic rings. The van der Waals surface area contributed by atoms with Gasteiger partial charge in [-0.15, -0.1) is 11.3 Å². The highest BCUT2D eigenvalue weighted by Gasteiger charge is 2.26. The number of nitrogens with two attached hydrogens (primary N) is 1. The number of thiazole rings is 1. The second-order valence-electron chi connectivity index (χ2n) is 4.73. The van der Waals surface area contributed by atoms with E-state index in [1.165, 1.54) is 11.1 Å². The zero-order valence-electron chi connectivity index (χ0n) is 9.67. The summed E-state index contributed by atoms with van der Waals surface area (Å²) in [6.45, 7) is 0. The molecule has 0 radical (unpaired) electrons. The van der Waals surface area contributed by atoms with Crippen molar-refractivity contribution in [2.45, 2.75) is 25.3 Å². The summed E-state index contributed by atoms with van der Waals surface area (Å²) in [5.41, 5.74) is 9.27. The van der Waals surface area contributed by atoms with Crippen LogP contribution in [0.5, 0.6) is 0 Å². The second kappa shape index (κ2) is 4.59. The van der Waals surface area contributed by atoms with E-state index < -0.39 is 0 Å². The van der Waals surface area contributed by atoms with Crippen LogP contribution in [0.2, 0.25) is 0 Å². The molecule has 1 atom stereocenters. The normalized spacial score (nSPS) is 17.0. The van der Waals surface area contributed by atoms with Crippen LogP contribution >= 0.6 is 11.3 Å². The lowest BCUT2D eigenvalue weighted by Gasteiger charge is -2.17. The van der Waals surface area contributed by atoms with Gasteiger partial charge in [0.2, 0.25) is 0 Å². The molecule has 0 aliphatic heterocycles. The van der Waals surface area contributed by atoms with E-state index in [0.717, 1.165) is 24.3 Å². The van der Waals surface area contributed by atoms with Crippen LogP contribution in [-0.4, -0.2) is 11.0 Å². The van der Waals surface area contributed by atoms with Crippen LogP contribution in [0.25, 0.3) is 0 Å². The molecule has 2 N–H and O–H groups in total. The number of hydrogen-bond donors (Lipinski definition) is 1. The molecule has 2 nitrogen and oxygen atoms in total. The molecule has 0 saturated carbocycles. The van der Waals surface area contributed by atoms with Crippen molar-refractivity contribution in [2.75, 3.05) is 0 Å². The van der Waals surface area contributed by atoms with Gasteiger partial charge in [0, 0.05) is 24.0 Å². The zero-order chi connectivity index (χ0) is 11.7. The van der Waals surface area contributed by atoms with Gasteiger partial charge in [-0.05, 0) is 29.9 Å². The maximum absolute atomic E-state index is 6.32. The third kappa shape index (κ3) is 2.26. The molecule has 0 saturated heterocycles. The fraction of sp³-hybridized carbons (Fsp3) is 0.357. The number of fused-ring (bicyclic) bond motifs is 1. The first kappa shape index (κ1) is 10.9. The summed E-state index contributed by atoms with van der Waals surface area (Å²) in [5, 5.41) is 3.18. The van der Waals surface area contributed by atoms with Crippen molar-refractivity contribution in [3.63, 3.8) is 0 Å². The number of hydrogen-bond acceptors (Lipinski definition) is 3. The molecule has 0 fully saturated rings. The number of rotatable bonds is 3. The lowest BCUT2D eigenvalue weighted by atomic mass is 9.95. The summed E-state index contributed by atoms with van der Waals surface area (Å²) in [6.07, 6.45) is 5.03. The van der Waals surface area contributed by atoms with Crippen molar-refractivity contribution >= 4 is 11.3 Å². The lowest BCUT2D eigenvalue weighted by Crippen LogP contribution is -2.32. The second-order valence-corrected chi connectivity index (χ2v) is 5.71. The van der Waals surface area contributed by atoms with Crippen LogP contribution in [0.3, 0.4) is 0 Å². The topological polar surface area (TPSA) is 38.9 Å².